The van der Waals surface area contributed by atoms with Gasteiger partial charge in [0.15, 0.2) is 5.69 Å². The molecule has 0 bridgehead atoms. The Bertz CT molecular complexity index is 1170. The zero-order chi connectivity index (χ0) is 22.8. The molecule has 2 aromatic carbocycles. The molecule has 3 aromatic rings. The molecule has 1 aromatic heterocycles. The minimum atomic E-state index is -0.528. The molecule has 0 saturated carbocycles. The van der Waals surface area contributed by atoms with Crippen molar-refractivity contribution < 1.29 is 14.0 Å². The van der Waals surface area contributed by atoms with Crippen molar-refractivity contribution in [2.75, 3.05) is 11.9 Å². The van der Waals surface area contributed by atoms with E-state index in [0.717, 1.165) is 16.8 Å². The summed E-state index contributed by atoms with van der Waals surface area (Å²) in [4.78, 5) is 26.9. The Morgan fingerprint density at radius 2 is 1.91 bits per heavy atom. The van der Waals surface area contributed by atoms with Crippen molar-refractivity contribution in [3.63, 3.8) is 0 Å². The van der Waals surface area contributed by atoms with E-state index in [4.69, 9.17) is 0 Å². The van der Waals surface area contributed by atoms with Gasteiger partial charge in [-0.25, -0.2) is 13.9 Å². The minimum Gasteiger partial charge on any atom is -0.336 e. The Morgan fingerprint density at radius 1 is 1.12 bits per heavy atom. The number of para-hydroxylation sites is 1. The first-order valence-corrected chi connectivity index (χ1v) is 10.5. The second-order valence-electron chi connectivity index (χ2n) is 8.06. The minimum absolute atomic E-state index is 0.0713. The lowest BCUT2D eigenvalue weighted by atomic mass is 9.98. The second kappa shape index (κ2) is 8.78. The lowest BCUT2D eigenvalue weighted by Crippen LogP contribution is -2.45. The quantitative estimate of drug-likeness (QED) is 0.655. The lowest BCUT2D eigenvalue weighted by molar-refractivity contribution is 0.102. The number of rotatable bonds is 4. The van der Waals surface area contributed by atoms with Crippen molar-refractivity contribution >= 4 is 17.6 Å². The number of aromatic nitrogens is 3. The maximum absolute atomic E-state index is 13.9. The molecule has 1 aliphatic rings. The molecule has 0 saturated heterocycles. The van der Waals surface area contributed by atoms with Crippen LogP contribution in [0.3, 0.4) is 0 Å². The summed E-state index contributed by atoms with van der Waals surface area (Å²) in [6, 6.07) is 11.8. The topological polar surface area (TPSA) is 92.2 Å². The Kier molecular flexibility index (Phi) is 5.89. The first-order chi connectivity index (χ1) is 15.3. The third kappa shape index (κ3) is 4.18. The zero-order valence-corrected chi connectivity index (χ0v) is 18.2. The highest BCUT2D eigenvalue weighted by molar-refractivity contribution is 6.03. The summed E-state index contributed by atoms with van der Waals surface area (Å²) in [7, 11) is 0. The van der Waals surface area contributed by atoms with Gasteiger partial charge in [-0.3, -0.25) is 4.79 Å². The van der Waals surface area contributed by atoms with Crippen molar-refractivity contribution in [3.05, 3.63) is 70.8 Å². The monoisotopic (exact) mass is 436 g/mol. The van der Waals surface area contributed by atoms with Crippen molar-refractivity contribution in [1.82, 2.24) is 25.2 Å². The lowest BCUT2D eigenvalue weighted by Gasteiger charge is -2.30. The van der Waals surface area contributed by atoms with Crippen LogP contribution in [0.25, 0.3) is 5.69 Å². The van der Waals surface area contributed by atoms with Crippen molar-refractivity contribution in [2.24, 2.45) is 0 Å². The van der Waals surface area contributed by atoms with Gasteiger partial charge in [0.25, 0.3) is 5.91 Å². The molecule has 166 valence electrons. The van der Waals surface area contributed by atoms with Crippen LogP contribution in [0.5, 0.6) is 0 Å². The summed E-state index contributed by atoms with van der Waals surface area (Å²) < 4.78 is 15.5. The SMILES string of the molecule is Cc1c(C(=O)Nc2ccccc2F)nnn1-c1cccc2c1CCN(C(=O)NC(C)C)C2. The van der Waals surface area contributed by atoms with Crippen molar-refractivity contribution in [2.45, 2.75) is 39.8 Å². The number of anilines is 1. The molecule has 4 rings (SSSR count). The predicted octanol–water partition coefficient (Wildman–Crippen LogP) is 3.44. The van der Waals surface area contributed by atoms with Gasteiger partial charge in [0, 0.05) is 19.1 Å². The van der Waals surface area contributed by atoms with E-state index in [-0.39, 0.29) is 23.5 Å². The van der Waals surface area contributed by atoms with Gasteiger partial charge in [-0.1, -0.05) is 29.5 Å². The molecule has 8 nitrogen and oxygen atoms in total. The van der Waals surface area contributed by atoms with E-state index in [2.05, 4.69) is 20.9 Å². The van der Waals surface area contributed by atoms with E-state index in [9.17, 15) is 14.0 Å². The number of nitrogens with zero attached hydrogens (tertiary/aromatic N) is 4. The zero-order valence-electron chi connectivity index (χ0n) is 18.2. The van der Waals surface area contributed by atoms with Gasteiger partial charge in [0.05, 0.1) is 17.1 Å². The van der Waals surface area contributed by atoms with Crippen LogP contribution in [-0.2, 0) is 13.0 Å². The molecule has 9 heteroatoms. The number of benzene rings is 2. The molecule has 2 heterocycles. The van der Waals surface area contributed by atoms with Crippen LogP contribution < -0.4 is 10.6 Å². The van der Waals surface area contributed by atoms with E-state index in [1.807, 2.05) is 32.0 Å². The van der Waals surface area contributed by atoms with E-state index >= 15 is 0 Å². The van der Waals surface area contributed by atoms with E-state index in [1.54, 1.807) is 28.6 Å². The molecule has 0 fully saturated rings. The fourth-order valence-electron chi connectivity index (χ4n) is 3.81. The average Bonchev–Trinajstić information content (AvgIpc) is 3.15. The van der Waals surface area contributed by atoms with Gasteiger partial charge in [-0.05, 0) is 56.5 Å². The summed E-state index contributed by atoms with van der Waals surface area (Å²) in [5.74, 6) is -1.05. The normalized spacial score (nSPS) is 13.1. The van der Waals surface area contributed by atoms with Crippen LogP contribution in [-0.4, -0.2) is 44.4 Å². The highest BCUT2D eigenvalue weighted by Crippen LogP contribution is 2.26. The summed E-state index contributed by atoms with van der Waals surface area (Å²) >= 11 is 0. The van der Waals surface area contributed by atoms with Gasteiger partial charge in [0.1, 0.15) is 5.82 Å². The van der Waals surface area contributed by atoms with Gasteiger partial charge < -0.3 is 15.5 Å². The third-order valence-corrected chi connectivity index (χ3v) is 5.40. The second-order valence-corrected chi connectivity index (χ2v) is 8.06. The summed E-state index contributed by atoms with van der Waals surface area (Å²) in [5.41, 5.74) is 3.67. The third-order valence-electron chi connectivity index (χ3n) is 5.40. The molecular formula is C23H25FN6O2. The van der Waals surface area contributed by atoms with Crippen LogP contribution in [0.4, 0.5) is 14.9 Å². The van der Waals surface area contributed by atoms with Gasteiger partial charge >= 0.3 is 6.03 Å². The first kappa shape index (κ1) is 21.5. The fourth-order valence-corrected chi connectivity index (χ4v) is 3.81. The number of halogens is 1. The van der Waals surface area contributed by atoms with Crippen molar-refractivity contribution in [3.8, 4) is 5.69 Å². The maximum Gasteiger partial charge on any atom is 0.317 e. The van der Waals surface area contributed by atoms with Crippen LogP contribution >= 0.6 is 0 Å². The number of carbonyl (C=O) groups excluding carboxylic acids is 2. The number of amides is 3. The number of hydrogen-bond donors (Lipinski definition) is 2. The Morgan fingerprint density at radius 3 is 2.66 bits per heavy atom. The number of urea groups is 1. The van der Waals surface area contributed by atoms with Crippen LogP contribution in [0.15, 0.2) is 42.5 Å². The number of carbonyl (C=O) groups is 2. The van der Waals surface area contributed by atoms with Crippen LogP contribution in [0.2, 0.25) is 0 Å². The molecule has 0 atom stereocenters. The van der Waals surface area contributed by atoms with E-state index in [0.29, 0.717) is 25.2 Å². The molecule has 0 radical (unpaired) electrons. The molecule has 1 aliphatic heterocycles. The Labute approximate surface area is 185 Å². The highest BCUT2D eigenvalue weighted by atomic mass is 19.1. The van der Waals surface area contributed by atoms with Crippen LogP contribution in [0.1, 0.15) is 41.2 Å². The molecule has 3 amide bonds. The maximum atomic E-state index is 13.9. The summed E-state index contributed by atoms with van der Waals surface area (Å²) in [6.07, 6.45) is 0.660. The van der Waals surface area contributed by atoms with Gasteiger partial charge in [0.2, 0.25) is 0 Å². The van der Waals surface area contributed by atoms with Crippen LogP contribution in [0, 0.1) is 12.7 Å². The summed E-state index contributed by atoms with van der Waals surface area (Å²) in [5, 5.41) is 13.7. The highest BCUT2D eigenvalue weighted by Gasteiger charge is 2.25. The molecule has 32 heavy (non-hydrogen) atoms. The number of fused-ring (bicyclic) bond motifs is 1. The number of hydrogen-bond acceptors (Lipinski definition) is 4. The Hall–Kier alpha value is -3.75. The molecule has 0 spiro atoms. The molecule has 0 aliphatic carbocycles. The molecule has 2 N–H and O–H groups in total. The van der Waals surface area contributed by atoms with Crippen molar-refractivity contribution in [1.29, 1.82) is 0 Å². The van der Waals surface area contributed by atoms with E-state index < -0.39 is 11.7 Å². The van der Waals surface area contributed by atoms with Gasteiger partial charge in [-0.2, -0.15) is 0 Å². The van der Waals surface area contributed by atoms with E-state index in [1.165, 1.54) is 12.1 Å². The molecule has 0 unspecified atom stereocenters. The standard InChI is InChI=1S/C23H25FN6O2/c1-14(2)25-23(32)29-12-11-17-16(13-29)7-6-10-20(17)30-15(3)21(27-28-30)22(31)26-19-9-5-4-8-18(19)24/h4-10,14H,11-13H2,1-3H3,(H,25,32)(H,26,31). The fraction of sp³-hybridized carbons (Fsp3) is 0.304. The predicted molar refractivity (Wildman–Crippen MR) is 118 cm³/mol. The Balaban J connectivity index is 1.59. The summed E-state index contributed by atoms with van der Waals surface area (Å²) in [6.45, 7) is 6.69. The molecular weight excluding hydrogens is 411 g/mol. The average molecular weight is 436 g/mol. The largest absolute Gasteiger partial charge is 0.336 e. The smallest absolute Gasteiger partial charge is 0.317 e. The number of nitrogens with one attached hydrogen (secondary N) is 2. The van der Waals surface area contributed by atoms with Gasteiger partial charge in [-0.15, -0.1) is 5.10 Å². The first-order valence-electron chi connectivity index (χ1n) is 10.5.